The maximum absolute atomic E-state index is 11.8. The van der Waals surface area contributed by atoms with Gasteiger partial charge in [-0.2, -0.15) is 0 Å². The summed E-state index contributed by atoms with van der Waals surface area (Å²) in [5, 5.41) is 20.1. The maximum atomic E-state index is 11.8. The molecule has 150 valence electrons. The van der Waals surface area contributed by atoms with Crippen LogP contribution in [-0.4, -0.2) is 47.2 Å². The molecule has 0 saturated carbocycles. The zero-order valence-electron chi connectivity index (χ0n) is 15.7. The second-order valence-electron chi connectivity index (χ2n) is 6.67. The molecule has 2 rings (SSSR count). The standard InChI is InChI=1S/C17H21N5O6/c1-17(2,3)27-16(26)19-9-8-18-15(25)20-13-10-22(21-28-13)12-6-4-11(5-7-12)14(23)24/h4-7,10H,8-9H2,1-3H3,(H3-,18,19,20,21,23,24,25,26)/p+1. The lowest BCUT2D eigenvalue weighted by molar-refractivity contribution is -0.670. The van der Waals surface area contributed by atoms with Crippen molar-refractivity contribution in [1.29, 1.82) is 0 Å². The molecule has 0 bridgehead atoms. The van der Waals surface area contributed by atoms with Crippen LogP contribution in [0.15, 0.2) is 35.0 Å². The van der Waals surface area contributed by atoms with Crippen molar-refractivity contribution in [2.24, 2.45) is 0 Å². The Morgan fingerprint density at radius 2 is 1.79 bits per heavy atom. The number of aromatic carboxylic acids is 1. The van der Waals surface area contributed by atoms with Crippen molar-refractivity contribution >= 4 is 24.0 Å². The Balaban J connectivity index is 1.77. The number of amides is 3. The predicted molar refractivity (Wildman–Crippen MR) is 96.3 cm³/mol. The van der Waals surface area contributed by atoms with Gasteiger partial charge in [-0.1, -0.05) is 0 Å². The molecule has 0 radical (unpaired) electrons. The van der Waals surface area contributed by atoms with Gasteiger partial charge < -0.3 is 20.5 Å². The number of carbonyl (C=O) groups is 3. The van der Waals surface area contributed by atoms with Crippen LogP contribution in [-0.2, 0) is 4.74 Å². The summed E-state index contributed by atoms with van der Waals surface area (Å²) in [5.74, 6) is -0.947. The molecule has 1 aromatic heterocycles. The van der Waals surface area contributed by atoms with Crippen LogP contribution in [0, 0.1) is 0 Å². The summed E-state index contributed by atoms with van der Waals surface area (Å²) in [6.07, 6.45) is 0.855. The summed E-state index contributed by atoms with van der Waals surface area (Å²) >= 11 is 0. The number of alkyl carbamates (subject to hydrolysis) is 1. The Hall–Kier alpha value is -3.63. The van der Waals surface area contributed by atoms with Crippen LogP contribution < -0.4 is 20.6 Å². The Morgan fingerprint density at radius 3 is 2.39 bits per heavy atom. The van der Waals surface area contributed by atoms with Crippen molar-refractivity contribution in [3.05, 3.63) is 36.0 Å². The van der Waals surface area contributed by atoms with Gasteiger partial charge in [-0.05, 0) is 37.6 Å². The summed E-state index contributed by atoms with van der Waals surface area (Å²) < 4.78 is 11.4. The van der Waals surface area contributed by atoms with E-state index in [0.717, 1.165) is 0 Å². The molecule has 28 heavy (non-hydrogen) atoms. The Morgan fingerprint density at radius 1 is 1.14 bits per heavy atom. The number of carboxylic acid groups (broad SMARTS) is 1. The number of hydrogen-bond acceptors (Lipinski definition) is 6. The highest BCUT2D eigenvalue weighted by Crippen LogP contribution is 2.07. The van der Waals surface area contributed by atoms with E-state index in [1.807, 2.05) is 0 Å². The molecule has 0 aliphatic rings. The number of nitrogens with zero attached hydrogens (tertiary/aromatic N) is 2. The summed E-state index contributed by atoms with van der Waals surface area (Å²) in [6.45, 7) is 5.62. The van der Waals surface area contributed by atoms with E-state index >= 15 is 0 Å². The van der Waals surface area contributed by atoms with Crippen LogP contribution in [0.25, 0.3) is 5.69 Å². The van der Waals surface area contributed by atoms with Gasteiger partial charge in [0.2, 0.25) is 11.0 Å². The number of carboxylic acids is 1. The first-order valence-corrected chi connectivity index (χ1v) is 8.38. The van der Waals surface area contributed by atoms with E-state index in [9.17, 15) is 14.4 Å². The summed E-state index contributed by atoms with van der Waals surface area (Å²) in [5.41, 5.74) is 0.110. The van der Waals surface area contributed by atoms with Crippen molar-refractivity contribution in [1.82, 2.24) is 15.9 Å². The average Bonchev–Trinajstić information content (AvgIpc) is 3.05. The number of benzene rings is 1. The molecule has 11 heteroatoms. The van der Waals surface area contributed by atoms with Gasteiger partial charge in [0, 0.05) is 25.2 Å². The minimum absolute atomic E-state index is 0.0833. The minimum atomic E-state index is -1.03. The fraction of sp³-hybridized carbons (Fsp3) is 0.353. The predicted octanol–water partition coefficient (Wildman–Crippen LogP) is 1.30. The van der Waals surface area contributed by atoms with Crippen molar-refractivity contribution in [2.45, 2.75) is 26.4 Å². The third-order valence-electron chi connectivity index (χ3n) is 3.16. The van der Waals surface area contributed by atoms with Crippen LogP contribution in [0.2, 0.25) is 0 Å². The largest absolute Gasteiger partial charge is 0.478 e. The number of nitrogens with one attached hydrogen (secondary N) is 3. The van der Waals surface area contributed by atoms with E-state index in [0.29, 0.717) is 5.69 Å². The van der Waals surface area contributed by atoms with Crippen LogP contribution in [0.5, 0.6) is 0 Å². The lowest BCUT2D eigenvalue weighted by Gasteiger charge is -2.19. The summed E-state index contributed by atoms with van der Waals surface area (Å²) in [7, 11) is 0. The molecule has 1 aromatic carbocycles. The third kappa shape index (κ3) is 6.59. The lowest BCUT2D eigenvalue weighted by atomic mass is 10.2. The van der Waals surface area contributed by atoms with E-state index in [2.05, 4.69) is 21.2 Å². The number of aromatic nitrogens is 2. The van der Waals surface area contributed by atoms with E-state index in [1.54, 1.807) is 32.9 Å². The number of hydrogen-bond donors (Lipinski definition) is 4. The molecule has 0 fully saturated rings. The van der Waals surface area contributed by atoms with Crippen molar-refractivity contribution in [3.63, 3.8) is 0 Å². The van der Waals surface area contributed by atoms with Gasteiger partial charge in [-0.15, -0.1) is 0 Å². The highest BCUT2D eigenvalue weighted by Gasteiger charge is 2.18. The van der Waals surface area contributed by atoms with Gasteiger partial charge in [0.25, 0.3) is 6.20 Å². The number of rotatable bonds is 6. The van der Waals surface area contributed by atoms with Crippen molar-refractivity contribution < 1.29 is 33.4 Å². The molecule has 1 heterocycles. The van der Waals surface area contributed by atoms with Gasteiger partial charge >= 0.3 is 24.0 Å². The molecule has 0 aliphatic carbocycles. The Kier molecular flexibility index (Phi) is 6.53. The molecule has 0 unspecified atom stereocenters. The first-order valence-electron chi connectivity index (χ1n) is 8.38. The second kappa shape index (κ2) is 8.84. The second-order valence-corrected chi connectivity index (χ2v) is 6.67. The molecule has 0 spiro atoms. The fourth-order valence-corrected chi connectivity index (χ4v) is 1.99. The van der Waals surface area contributed by atoms with E-state index in [-0.39, 0.29) is 24.5 Å². The van der Waals surface area contributed by atoms with Crippen molar-refractivity contribution in [3.8, 4) is 5.69 Å². The smallest absolute Gasteiger partial charge is 0.407 e. The van der Waals surface area contributed by atoms with Gasteiger partial charge in [-0.3, -0.25) is 9.84 Å². The van der Waals surface area contributed by atoms with Gasteiger partial charge in [0.15, 0.2) is 0 Å². The minimum Gasteiger partial charge on any atom is -0.478 e. The van der Waals surface area contributed by atoms with Crippen LogP contribution in [0.3, 0.4) is 0 Å². The normalized spacial score (nSPS) is 10.8. The topological polar surface area (TPSA) is 147 Å². The van der Waals surface area contributed by atoms with Crippen LogP contribution in [0.4, 0.5) is 15.5 Å². The zero-order chi connectivity index (χ0) is 20.7. The summed E-state index contributed by atoms with van der Waals surface area (Å²) in [4.78, 5) is 34.1. The first-order chi connectivity index (χ1) is 13.1. The third-order valence-corrected chi connectivity index (χ3v) is 3.16. The molecule has 4 N–H and O–H groups in total. The summed E-state index contributed by atoms with van der Waals surface area (Å²) in [6, 6.07) is 5.42. The molecule has 0 atom stereocenters. The first kappa shape index (κ1) is 20.7. The number of anilines is 1. The Labute approximate surface area is 160 Å². The SMILES string of the molecule is CC(C)(C)OC(=O)NCCNC(=O)Nc1c[n+](-c2ccc(C(=O)O)cc2)no1. The van der Waals surface area contributed by atoms with Crippen LogP contribution >= 0.6 is 0 Å². The highest BCUT2D eigenvalue weighted by molar-refractivity contribution is 5.88. The molecule has 11 nitrogen and oxygen atoms in total. The monoisotopic (exact) mass is 392 g/mol. The van der Waals surface area contributed by atoms with E-state index < -0.39 is 23.7 Å². The molecular weight excluding hydrogens is 370 g/mol. The highest BCUT2D eigenvalue weighted by atomic mass is 16.6. The van der Waals surface area contributed by atoms with Crippen LogP contribution in [0.1, 0.15) is 31.1 Å². The number of carbonyl (C=O) groups excluding carboxylic acids is 2. The average molecular weight is 392 g/mol. The number of ether oxygens (including phenoxy) is 1. The molecule has 0 saturated heterocycles. The molecule has 0 aliphatic heterocycles. The maximum Gasteiger partial charge on any atom is 0.407 e. The Bertz CT molecular complexity index is 840. The van der Waals surface area contributed by atoms with Gasteiger partial charge in [0.1, 0.15) is 5.60 Å². The van der Waals surface area contributed by atoms with Gasteiger partial charge in [-0.25, -0.2) is 14.4 Å². The fourth-order valence-electron chi connectivity index (χ4n) is 1.99. The quantitative estimate of drug-likeness (QED) is 0.428. The molecule has 3 amide bonds. The number of urea groups is 1. The zero-order valence-corrected chi connectivity index (χ0v) is 15.7. The lowest BCUT2D eigenvalue weighted by Crippen LogP contribution is -2.39. The van der Waals surface area contributed by atoms with E-state index in [4.69, 9.17) is 14.4 Å². The van der Waals surface area contributed by atoms with Crippen molar-refractivity contribution in [2.75, 3.05) is 18.4 Å². The molecular formula is C17H22N5O6+. The van der Waals surface area contributed by atoms with Gasteiger partial charge in [0.05, 0.1) is 5.56 Å². The van der Waals surface area contributed by atoms with E-state index in [1.165, 1.54) is 23.0 Å². The molecule has 2 aromatic rings.